The van der Waals surface area contributed by atoms with Gasteiger partial charge in [-0.15, -0.1) is 0 Å². The van der Waals surface area contributed by atoms with Crippen LogP contribution >= 0.6 is 15.9 Å². The van der Waals surface area contributed by atoms with Gasteiger partial charge in [0.15, 0.2) is 0 Å². The van der Waals surface area contributed by atoms with Crippen molar-refractivity contribution in [3.8, 4) is 0 Å². The van der Waals surface area contributed by atoms with Gasteiger partial charge in [0, 0.05) is 13.0 Å². The third-order valence-electron chi connectivity index (χ3n) is 4.77. The Kier molecular flexibility index (Phi) is 3.27. The summed E-state index contributed by atoms with van der Waals surface area (Å²) >= 11 is 3.61. The number of halogens is 1. The van der Waals surface area contributed by atoms with Crippen molar-refractivity contribution in [2.24, 2.45) is 17.8 Å². The molecule has 3 rings (SSSR count). The highest BCUT2D eigenvalue weighted by molar-refractivity contribution is 9.10. The Hall–Kier alpha value is -0.350. The molecule has 0 bridgehead atoms. The van der Waals surface area contributed by atoms with Crippen LogP contribution in [0.2, 0.25) is 0 Å². The number of hydrogen-bond acceptors (Lipinski definition) is 2. The van der Waals surface area contributed by atoms with E-state index in [0.29, 0.717) is 5.92 Å². The summed E-state index contributed by atoms with van der Waals surface area (Å²) < 4.78 is 3.09. The summed E-state index contributed by atoms with van der Waals surface area (Å²) in [7, 11) is 0. The first-order valence-electron chi connectivity index (χ1n) is 7.03. The van der Waals surface area contributed by atoms with E-state index in [1.807, 2.05) is 11.6 Å². The van der Waals surface area contributed by atoms with Crippen LogP contribution < -0.4 is 0 Å². The van der Waals surface area contributed by atoms with Gasteiger partial charge in [0.25, 0.3) is 0 Å². The van der Waals surface area contributed by atoms with E-state index in [2.05, 4.69) is 28.0 Å². The molecule has 0 aliphatic heterocycles. The van der Waals surface area contributed by atoms with Gasteiger partial charge in [-0.2, -0.15) is 5.10 Å². The highest BCUT2D eigenvalue weighted by atomic mass is 79.9. The van der Waals surface area contributed by atoms with Crippen molar-refractivity contribution in [3.05, 3.63) is 15.9 Å². The maximum Gasteiger partial charge on any atom is 0.0738 e. The molecule has 0 spiro atoms. The summed E-state index contributed by atoms with van der Waals surface area (Å²) in [6.07, 6.45) is 4.60. The molecule has 0 aromatic carbocycles. The molecule has 0 radical (unpaired) electrons. The SMILES string of the molecule is CCn1nc(C)c(Br)c1CC(O)C1C2CCCC21. The van der Waals surface area contributed by atoms with Crippen LogP contribution in [0.3, 0.4) is 0 Å². The summed E-state index contributed by atoms with van der Waals surface area (Å²) in [5.41, 5.74) is 2.18. The molecule has 3 atom stereocenters. The molecule has 2 saturated carbocycles. The zero-order valence-electron chi connectivity index (χ0n) is 11.1. The van der Waals surface area contributed by atoms with E-state index in [1.165, 1.54) is 19.3 Å². The van der Waals surface area contributed by atoms with Gasteiger partial charge in [-0.05, 0) is 60.4 Å². The third-order valence-corrected chi connectivity index (χ3v) is 5.80. The first-order valence-corrected chi connectivity index (χ1v) is 7.82. The molecule has 2 aliphatic rings. The molecular formula is C14H21BrN2O. The van der Waals surface area contributed by atoms with Crippen LogP contribution in [0.15, 0.2) is 4.47 Å². The summed E-state index contributed by atoms with van der Waals surface area (Å²) in [6.45, 7) is 4.98. The van der Waals surface area contributed by atoms with Crippen LogP contribution in [0, 0.1) is 24.7 Å². The van der Waals surface area contributed by atoms with E-state index < -0.39 is 0 Å². The van der Waals surface area contributed by atoms with Crippen LogP contribution in [0.5, 0.6) is 0 Å². The van der Waals surface area contributed by atoms with Gasteiger partial charge in [0.2, 0.25) is 0 Å². The lowest BCUT2D eigenvalue weighted by atomic mass is 10.0. The molecule has 4 heteroatoms. The Bertz CT molecular complexity index is 447. The molecule has 2 aliphatic carbocycles. The number of aryl methyl sites for hydroxylation is 2. The van der Waals surface area contributed by atoms with Gasteiger partial charge >= 0.3 is 0 Å². The van der Waals surface area contributed by atoms with Crippen LogP contribution in [-0.4, -0.2) is 21.0 Å². The van der Waals surface area contributed by atoms with Crippen molar-refractivity contribution in [2.75, 3.05) is 0 Å². The predicted octanol–water partition coefficient (Wildman–Crippen LogP) is 2.92. The second kappa shape index (κ2) is 4.64. The third kappa shape index (κ3) is 1.94. The lowest BCUT2D eigenvalue weighted by molar-refractivity contribution is 0.133. The van der Waals surface area contributed by atoms with E-state index >= 15 is 0 Å². The number of aliphatic hydroxyl groups excluding tert-OH is 1. The lowest BCUT2D eigenvalue weighted by Gasteiger charge is -2.14. The maximum atomic E-state index is 10.4. The fraction of sp³-hybridized carbons (Fsp3) is 0.786. The normalized spacial score (nSPS) is 31.4. The van der Waals surface area contributed by atoms with E-state index in [0.717, 1.165) is 40.7 Å². The Balaban J connectivity index is 1.72. The van der Waals surface area contributed by atoms with Gasteiger partial charge in [-0.25, -0.2) is 0 Å². The monoisotopic (exact) mass is 312 g/mol. The van der Waals surface area contributed by atoms with Gasteiger partial charge in [-0.3, -0.25) is 4.68 Å². The minimum atomic E-state index is -0.182. The first kappa shape index (κ1) is 12.7. The van der Waals surface area contributed by atoms with Crippen molar-refractivity contribution >= 4 is 15.9 Å². The van der Waals surface area contributed by atoms with E-state index in [9.17, 15) is 5.11 Å². The minimum absolute atomic E-state index is 0.182. The molecule has 3 unspecified atom stereocenters. The second-order valence-electron chi connectivity index (χ2n) is 5.77. The average Bonchev–Trinajstić information content (AvgIpc) is 2.71. The highest BCUT2D eigenvalue weighted by Gasteiger charge is 2.55. The second-order valence-corrected chi connectivity index (χ2v) is 6.56. The van der Waals surface area contributed by atoms with Crippen LogP contribution in [0.4, 0.5) is 0 Å². The van der Waals surface area contributed by atoms with Crippen molar-refractivity contribution in [2.45, 2.75) is 52.2 Å². The summed E-state index contributed by atoms with van der Waals surface area (Å²) in [5, 5.41) is 14.9. The zero-order chi connectivity index (χ0) is 12.9. The first-order chi connectivity index (χ1) is 8.63. The molecule has 100 valence electrons. The molecule has 18 heavy (non-hydrogen) atoms. The predicted molar refractivity (Wildman–Crippen MR) is 74.4 cm³/mol. The number of hydrogen-bond donors (Lipinski definition) is 1. The molecule has 1 aromatic rings. The van der Waals surface area contributed by atoms with Gasteiger partial charge in [0.1, 0.15) is 0 Å². The van der Waals surface area contributed by atoms with Gasteiger partial charge in [-0.1, -0.05) is 6.42 Å². The van der Waals surface area contributed by atoms with E-state index in [1.54, 1.807) is 0 Å². The number of aliphatic hydroxyl groups is 1. The van der Waals surface area contributed by atoms with Crippen LogP contribution in [-0.2, 0) is 13.0 Å². The standard InChI is InChI=1S/C14H21BrN2O/c1-3-17-11(14(15)8(2)16-17)7-12(18)13-9-5-4-6-10(9)13/h9-10,12-13,18H,3-7H2,1-2H3. The summed E-state index contributed by atoms with van der Waals surface area (Å²) in [5.74, 6) is 2.20. The Labute approximate surface area is 117 Å². The fourth-order valence-electron chi connectivity index (χ4n) is 3.85. The topological polar surface area (TPSA) is 38.0 Å². The quantitative estimate of drug-likeness (QED) is 0.928. The fourth-order valence-corrected chi connectivity index (χ4v) is 4.29. The summed E-state index contributed by atoms with van der Waals surface area (Å²) in [4.78, 5) is 0. The van der Waals surface area contributed by atoms with E-state index in [-0.39, 0.29) is 6.10 Å². The van der Waals surface area contributed by atoms with Crippen LogP contribution in [0.1, 0.15) is 37.6 Å². The molecule has 0 amide bonds. The maximum absolute atomic E-state index is 10.4. The Morgan fingerprint density at radius 2 is 2.11 bits per heavy atom. The lowest BCUT2D eigenvalue weighted by Crippen LogP contribution is -2.19. The number of rotatable bonds is 4. The number of aromatic nitrogens is 2. The van der Waals surface area contributed by atoms with E-state index in [4.69, 9.17) is 0 Å². The van der Waals surface area contributed by atoms with Crippen molar-refractivity contribution in [1.29, 1.82) is 0 Å². The van der Waals surface area contributed by atoms with Gasteiger partial charge < -0.3 is 5.11 Å². The van der Waals surface area contributed by atoms with Gasteiger partial charge in [0.05, 0.1) is 22.0 Å². The summed E-state index contributed by atoms with van der Waals surface area (Å²) in [6, 6.07) is 0. The number of nitrogens with zero attached hydrogens (tertiary/aromatic N) is 2. The van der Waals surface area contributed by atoms with Crippen molar-refractivity contribution in [3.63, 3.8) is 0 Å². The minimum Gasteiger partial charge on any atom is -0.392 e. The Morgan fingerprint density at radius 3 is 2.72 bits per heavy atom. The molecule has 1 aromatic heterocycles. The number of fused-ring (bicyclic) bond motifs is 1. The smallest absolute Gasteiger partial charge is 0.0738 e. The molecule has 1 N–H and O–H groups in total. The van der Waals surface area contributed by atoms with Crippen molar-refractivity contribution < 1.29 is 5.11 Å². The zero-order valence-corrected chi connectivity index (χ0v) is 12.7. The molecule has 2 fully saturated rings. The molecule has 1 heterocycles. The van der Waals surface area contributed by atoms with Crippen LogP contribution in [0.25, 0.3) is 0 Å². The Morgan fingerprint density at radius 1 is 1.44 bits per heavy atom. The van der Waals surface area contributed by atoms with Crippen molar-refractivity contribution in [1.82, 2.24) is 9.78 Å². The molecular weight excluding hydrogens is 292 g/mol. The largest absolute Gasteiger partial charge is 0.392 e. The molecule has 3 nitrogen and oxygen atoms in total. The molecule has 0 saturated heterocycles. The average molecular weight is 313 g/mol. The highest BCUT2D eigenvalue weighted by Crippen LogP contribution is 2.59.